The first-order valence-corrected chi connectivity index (χ1v) is 7.32. The van der Waals surface area contributed by atoms with E-state index in [4.69, 9.17) is 9.26 Å². The van der Waals surface area contributed by atoms with Gasteiger partial charge in [-0.1, -0.05) is 17.3 Å². The van der Waals surface area contributed by atoms with Gasteiger partial charge in [-0.25, -0.2) is 0 Å². The highest BCUT2D eigenvalue weighted by atomic mass is 16.5. The Morgan fingerprint density at radius 3 is 2.91 bits per heavy atom. The van der Waals surface area contributed by atoms with Crippen molar-refractivity contribution >= 4 is 5.91 Å². The first kappa shape index (κ1) is 16.0. The molecule has 0 radical (unpaired) electrons. The summed E-state index contributed by atoms with van der Waals surface area (Å²) in [6.45, 7) is 6.13. The van der Waals surface area contributed by atoms with E-state index in [0.717, 1.165) is 11.3 Å². The fourth-order valence-electron chi connectivity index (χ4n) is 1.97. The summed E-state index contributed by atoms with van der Waals surface area (Å²) in [5.41, 5.74) is 1.14. The number of nitrogens with one attached hydrogen (secondary N) is 1. The zero-order valence-corrected chi connectivity index (χ0v) is 13.1. The molecule has 1 heterocycles. The van der Waals surface area contributed by atoms with Crippen molar-refractivity contribution in [2.45, 2.75) is 39.7 Å². The van der Waals surface area contributed by atoms with E-state index >= 15 is 0 Å². The Hall–Kier alpha value is -2.37. The Kier molecular flexibility index (Phi) is 5.52. The van der Waals surface area contributed by atoms with Crippen molar-refractivity contribution in [3.8, 4) is 5.75 Å². The standard InChI is InChI=1S/C16H21N3O3/c1-11-5-4-6-14(9-11)21-12(2)10-17-15(20)7-8-16-18-13(3)19-22-16/h4-6,9,12H,7-8,10H2,1-3H3,(H,17,20)/t12-/m1/s1. The molecule has 2 rings (SSSR count). The van der Waals surface area contributed by atoms with Gasteiger partial charge in [-0.05, 0) is 38.5 Å². The van der Waals surface area contributed by atoms with Crippen LogP contribution in [0.5, 0.6) is 5.75 Å². The lowest BCUT2D eigenvalue weighted by Gasteiger charge is -2.15. The molecular weight excluding hydrogens is 282 g/mol. The smallest absolute Gasteiger partial charge is 0.227 e. The number of carbonyl (C=O) groups is 1. The molecule has 0 fully saturated rings. The second-order valence-electron chi connectivity index (χ2n) is 5.28. The van der Waals surface area contributed by atoms with E-state index in [1.807, 2.05) is 38.1 Å². The highest BCUT2D eigenvalue weighted by Crippen LogP contribution is 2.13. The first-order valence-electron chi connectivity index (χ1n) is 7.32. The second kappa shape index (κ2) is 7.59. The van der Waals surface area contributed by atoms with Crippen molar-refractivity contribution in [1.29, 1.82) is 0 Å². The summed E-state index contributed by atoms with van der Waals surface area (Å²) in [7, 11) is 0. The minimum absolute atomic E-state index is 0.0597. The minimum Gasteiger partial charge on any atom is -0.489 e. The van der Waals surface area contributed by atoms with Crippen LogP contribution >= 0.6 is 0 Å². The van der Waals surface area contributed by atoms with Crippen LogP contribution in [0.2, 0.25) is 0 Å². The fraction of sp³-hybridized carbons (Fsp3) is 0.438. The Morgan fingerprint density at radius 2 is 2.23 bits per heavy atom. The molecule has 0 aliphatic carbocycles. The van der Waals surface area contributed by atoms with E-state index < -0.39 is 0 Å². The topological polar surface area (TPSA) is 77.2 Å². The van der Waals surface area contributed by atoms with E-state index in [1.54, 1.807) is 6.92 Å². The molecule has 0 saturated heterocycles. The van der Waals surface area contributed by atoms with Gasteiger partial charge in [-0.15, -0.1) is 0 Å². The van der Waals surface area contributed by atoms with Crippen LogP contribution in [0.1, 0.15) is 30.6 Å². The molecule has 118 valence electrons. The molecule has 0 aliphatic rings. The van der Waals surface area contributed by atoms with Crippen LogP contribution in [-0.2, 0) is 11.2 Å². The van der Waals surface area contributed by atoms with Crippen molar-refractivity contribution in [3.63, 3.8) is 0 Å². The second-order valence-corrected chi connectivity index (χ2v) is 5.28. The third kappa shape index (κ3) is 5.20. The van der Waals surface area contributed by atoms with Crippen molar-refractivity contribution in [3.05, 3.63) is 41.5 Å². The van der Waals surface area contributed by atoms with E-state index in [1.165, 1.54) is 0 Å². The van der Waals surface area contributed by atoms with Crippen LogP contribution in [0.15, 0.2) is 28.8 Å². The number of carbonyl (C=O) groups excluding carboxylic acids is 1. The number of aromatic nitrogens is 2. The molecule has 1 amide bonds. The summed E-state index contributed by atoms with van der Waals surface area (Å²) in [5.74, 6) is 1.81. The number of benzene rings is 1. The molecule has 1 N–H and O–H groups in total. The SMILES string of the molecule is Cc1cccc(O[C@H](C)CNC(=O)CCc2nc(C)no2)c1. The number of amides is 1. The highest BCUT2D eigenvalue weighted by molar-refractivity contribution is 5.76. The minimum atomic E-state index is -0.101. The van der Waals surface area contributed by atoms with Crippen LogP contribution in [-0.4, -0.2) is 28.7 Å². The van der Waals surface area contributed by atoms with E-state index in [9.17, 15) is 4.79 Å². The maximum Gasteiger partial charge on any atom is 0.227 e. The molecule has 1 aromatic heterocycles. The Balaban J connectivity index is 1.69. The van der Waals surface area contributed by atoms with Crippen LogP contribution in [0, 0.1) is 13.8 Å². The third-order valence-electron chi connectivity index (χ3n) is 3.05. The van der Waals surface area contributed by atoms with Crippen molar-refractivity contribution in [2.75, 3.05) is 6.54 Å². The van der Waals surface area contributed by atoms with Gasteiger partial charge in [0.05, 0.1) is 6.54 Å². The number of ether oxygens (including phenoxy) is 1. The maximum absolute atomic E-state index is 11.8. The molecule has 0 unspecified atom stereocenters. The maximum atomic E-state index is 11.8. The Labute approximate surface area is 129 Å². The Morgan fingerprint density at radius 1 is 1.41 bits per heavy atom. The average molecular weight is 303 g/mol. The summed E-state index contributed by atoms with van der Waals surface area (Å²) in [4.78, 5) is 15.8. The first-order chi connectivity index (χ1) is 10.5. The molecule has 22 heavy (non-hydrogen) atoms. The number of hydrogen-bond acceptors (Lipinski definition) is 5. The molecule has 0 bridgehead atoms. The van der Waals surface area contributed by atoms with Crippen LogP contribution in [0.4, 0.5) is 0 Å². The lowest BCUT2D eigenvalue weighted by molar-refractivity contribution is -0.121. The molecule has 0 spiro atoms. The van der Waals surface area contributed by atoms with Gasteiger partial charge in [0.15, 0.2) is 5.82 Å². The average Bonchev–Trinajstić information content (AvgIpc) is 2.89. The van der Waals surface area contributed by atoms with Gasteiger partial charge < -0.3 is 14.6 Å². The predicted octanol–water partition coefficient (Wildman–Crippen LogP) is 2.20. The van der Waals surface area contributed by atoms with Gasteiger partial charge in [0, 0.05) is 12.8 Å². The number of hydrogen-bond donors (Lipinski definition) is 1. The molecule has 1 aromatic carbocycles. The third-order valence-corrected chi connectivity index (χ3v) is 3.05. The quantitative estimate of drug-likeness (QED) is 0.848. The monoisotopic (exact) mass is 303 g/mol. The van der Waals surface area contributed by atoms with Crippen LogP contribution < -0.4 is 10.1 Å². The molecular formula is C16H21N3O3. The lowest BCUT2D eigenvalue weighted by atomic mass is 10.2. The van der Waals surface area contributed by atoms with Crippen molar-refractivity contribution < 1.29 is 14.1 Å². The normalized spacial score (nSPS) is 12.0. The van der Waals surface area contributed by atoms with Gasteiger partial charge in [0.2, 0.25) is 11.8 Å². The predicted molar refractivity (Wildman–Crippen MR) is 81.6 cm³/mol. The van der Waals surface area contributed by atoms with E-state index in [2.05, 4.69) is 15.5 Å². The van der Waals surface area contributed by atoms with Crippen molar-refractivity contribution in [1.82, 2.24) is 15.5 Å². The molecule has 2 aromatic rings. The number of rotatable bonds is 7. The van der Waals surface area contributed by atoms with Gasteiger partial charge in [0.25, 0.3) is 0 Å². The largest absolute Gasteiger partial charge is 0.489 e. The van der Waals surface area contributed by atoms with E-state index in [0.29, 0.717) is 31.1 Å². The van der Waals surface area contributed by atoms with Crippen LogP contribution in [0.3, 0.4) is 0 Å². The van der Waals surface area contributed by atoms with Crippen LogP contribution in [0.25, 0.3) is 0 Å². The summed E-state index contributed by atoms with van der Waals surface area (Å²) in [6.07, 6.45) is 0.662. The van der Waals surface area contributed by atoms with E-state index in [-0.39, 0.29) is 12.0 Å². The fourth-order valence-corrected chi connectivity index (χ4v) is 1.97. The summed E-state index contributed by atoms with van der Waals surface area (Å²) >= 11 is 0. The lowest BCUT2D eigenvalue weighted by Crippen LogP contribution is -2.33. The Bertz CT molecular complexity index is 625. The molecule has 6 nitrogen and oxygen atoms in total. The van der Waals surface area contributed by atoms with Gasteiger partial charge in [-0.3, -0.25) is 4.79 Å². The molecule has 0 saturated carbocycles. The van der Waals surface area contributed by atoms with Gasteiger partial charge in [0.1, 0.15) is 11.9 Å². The summed E-state index contributed by atoms with van der Waals surface area (Å²) in [6, 6.07) is 7.83. The zero-order valence-electron chi connectivity index (χ0n) is 13.1. The molecule has 6 heteroatoms. The van der Waals surface area contributed by atoms with Crippen molar-refractivity contribution in [2.24, 2.45) is 0 Å². The summed E-state index contributed by atoms with van der Waals surface area (Å²) < 4.78 is 10.7. The molecule has 1 atom stereocenters. The van der Waals surface area contributed by atoms with Gasteiger partial charge in [-0.2, -0.15) is 4.98 Å². The zero-order chi connectivity index (χ0) is 15.9. The number of nitrogens with zero attached hydrogens (tertiary/aromatic N) is 2. The molecule has 0 aliphatic heterocycles. The highest BCUT2D eigenvalue weighted by Gasteiger charge is 2.09. The van der Waals surface area contributed by atoms with Gasteiger partial charge >= 0.3 is 0 Å². The number of aryl methyl sites for hydroxylation is 3. The summed E-state index contributed by atoms with van der Waals surface area (Å²) in [5, 5.41) is 6.53.